The zero-order valence-electron chi connectivity index (χ0n) is 10.9. The van der Waals surface area contributed by atoms with Crippen molar-refractivity contribution in [3.8, 4) is 0 Å². The number of aliphatic hydroxyl groups is 2. The van der Waals surface area contributed by atoms with Gasteiger partial charge in [-0.3, -0.25) is 18.1 Å². The summed E-state index contributed by atoms with van der Waals surface area (Å²) in [6.07, 6.45) is 0. The van der Waals surface area contributed by atoms with E-state index in [0.717, 1.165) is 7.11 Å². The van der Waals surface area contributed by atoms with Crippen molar-refractivity contribution in [2.75, 3.05) is 53.4 Å². The lowest BCUT2D eigenvalue weighted by molar-refractivity contribution is 0.0930. The Hall–Kier alpha value is 0.180. The zero-order chi connectivity index (χ0) is 14.8. The highest BCUT2D eigenvalue weighted by molar-refractivity contribution is 7.53. The predicted molar refractivity (Wildman–Crippen MR) is 93.0 cm³/mol. The minimum Gasteiger partial charge on any atom is -0.394 e. The number of aliphatic hydroxyl groups excluding tert-OH is 2. The summed E-state index contributed by atoms with van der Waals surface area (Å²) in [5.74, 6) is 0. The van der Waals surface area contributed by atoms with Crippen LogP contribution in [0.25, 0.3) is 0 Å². The van der Waals surface area contributed by atoms with Gasteiger partial charge < -0.3 is 19.3 Å². The maximum absolute atomic E-state index is 11.7. The second-order valence-corrected chi connectivity index (χ2v) is 7.02. The van der Waals surface area contributed by atoms with Crippen molar-refractivity contribution < 1.29 is 42.0 Å². The van der Waals surface area contributed by atoms with Crippen LogP contribution in [0.2, 0.25) is 0 Å². The molecule has 2 atom stereocenters. The minimum atomic E-state index is -3.73. The van der Waals surface area contributed by atoms with Crippen LogP contribution < -0.4 is 0 Å². The molecule has 0 saturated heterocycles. The van der Waals surface area contributed by atoms with Crippen molar-refractivity contribution >= 4 is 15.4 Å². The smallest absolute Gasteiger partial charge is 0.394 e. The van der Waals surface area contributed by atoms with Crippen LogP contribution >= 0.6 is 15.4 Å². The van der Waals surface area contributed by atoms with Gasteiger partial charge in [-0.2, -0.15) is 0 Å². The van der Waals surface area contributed by atoms with Crippen LogP contribution in [-0.4, -0.2) is 63.6 Å². The first kappa shape index (κ1) is 34.5. The zero-order valence-corrected chi connectivity index (χ0v) is 12.7. The quantitative estimate of drug-likeness (QED) is 0.385. The molecule has 0 heterocycles. The van der Waals surface area contributed by atoms with E-state index in [1.54, 1.807) is 0 Å². The van der Waals surface area contributed by atoms with Crippen LogP contribution in [0.3, 0.4) is 0 Å². The molecule has 11 heteroatoms. The average Bonchev–Trinajstić information content (AvgIpc) is 2.39. The second-order valence-electron chi connectivity index (χ2n) is 3.18. The average molecular weight is 386 g/mol. The SMILES string of the molecule is C.C.C.C.COP(=O)(OCCO)OCCOP(C)(=O)OCCO. The summed E-state index contributed by atoms with van der Waals surface area (Å²) in [4.78, 5) is 0. The predicted octanol–water partition coefficient (Wildman–Crippen LogP) is 3.16. The first-order chi connectivity index (χ1) is 8.89. The Morgan fingerprint density at radius 2 is 1.09 bits per heavy atom. The fraction of sp³-hybridized carbons (Fsp3) is 1.00. The van der Waals surface area contributed by atoms with Crippen LogP contribution in [0, 0.1) is 0 Å². The fourth-order valence-electron chi connectivity index (χ4n) is 0.891. The molecule has 0 spiro atoms. The topological polar surface area (TPSA) is 121 Å². The van der Waals surface area contributed by atoms with Gasteiger partial charge in [0.25, 0.3) is 0 Å². The van der Waals surface area contributed by atoms with Crippen LogP contribution in [0.1, 0.15) is 29.7 Å². The summed E-state index contributed by atoms with van der Waals surface area (Å²) < 4.78 is 47.0. The highest BCUT2D eigenvalue weighted by Crippen LogP contribution is 2.49. The Labute approximate surface area is 141 Å². The van der Waals surface area contributed by atoms with E-state index in [9.17, 15) is 9.13 Å². The number of phosphoric acid groups is 1. The lowest BCUT2D eigenvalue weighted by Crippen LogP contribution is -2.07. The van der Waals surface area contributed by atoms with Crippen LogP contribution in [-0.2, 0) is 31.7 Å². The van der Waals surface area contributed by atoms with E-state index in [-0.39, 0.29) is 69.3 Å². The van der Waals surface area contributed by atoms with Crippen molar-refractivity contribution in [1.29, 1.82) is 0 Å². The molecular weight excluding hydrogens is 350 g/mol. The lowest BCUT2D eigenvalue weighted by atomic mass is 10.8. The largest absolute Gasteiger partial charge is 0.474 e. The summed E-state index contributed by atoms with van der Waals surface area (Å²) in [5.41, 5.74) is 0. The third kappa shape index (κ3) is 18.4. The number of hydrogen-bond acceptors (Lipinski definition) is 9. The first-order valence-electron chi connectivity index (χ1n) is 5.42. The van der Waals surface area contributed by atoms with Crippen molar-refractivity contribution in [3.05, 3.63) is 0 Å². The molecule has 2 unspecified atom stereocenters. The molecule has 0 aliphatic heterocycles. The molecule has 0 amide bonds. The Bertz CT molecular complexity index is 326. The molecule has 0 saturated carbocycles. The van der Waals surface area contributed by atoms with Gasteiger partial charge in [0.1, 0.15) is 0 Å². The van der Waals surface area contributed by atoms with Crippen molar-refractivity contribution in [2.24, 2.45) is 0 Å². The van der Waals surface area contributed by atoms with E-state index >= 15 is 0 Å². The van der Waals surface area contributed by atoms with Crippen LogP contribution in [0.5, 0.6) is 0 Å². The van der Waals surface area contributed by atoms with Crippen LogP contribution in [0.15, 0.2) is 0 Å². The monoisotopic (exact) mass is 386 g/mol. The van der Waals surface area contributed by atoms with Gasteiger partial charge >= 0.3 is 15.4 Å². The maximum atomic E-state index is 11.7. The van der Waals surface area contributed by atoms with Crippen LogP contribution in [0.4, 0.5) is 0 Å². The van der Waals surface area contributed by atoms with Crippen molar-refractivity contribution in [2.45, 2.75) is 29.7 Å². The molecule has 0 aromatic carbocycles. The van der Waals surface area contributed by atoms with Crippen molar-refractivity contribution in [3.63, 3.8) is 0 Å². The van der Waals surface area contributed by atoms with E-state index in [1.807, 2.05) is 0 Å². The number of hydrogen-bond donors (Lipinski definition) is 2. The van der Waals surface area contributed by atoms with Gasteiger partial charge in [0.05, 0.1) is 39.6 Å². The summed E-state index contributed by atoms with van der Waals surface area (Å²) in [7, 11) is -5.87. The number of rotatable bonds is 12. The standard InChI is InChI=1S/C8H20O9P2.4CH4/c1-13-19(12,16-6-4-10)17-8-7-15-18(2,11)14-5-3-9;;;;/h9-10H,3-8H2,1-2H3;4*1H4. The highest BCUT2D eigenvalue weighted by atomic mass is 31.2. The van der Waals surface area contributed by atoms with Gasteiger partial charge in [-0.25, -0.2) is 4.57 Å². The summed E-state index contributed by atoms with van der Waals surface area (Å²) in [6, 6.07) is 0. The van der Waals surface area contributed by atoms with E-state index in [0.29, 0.717) is 0 Å². The summed E-state index contributed by atoms with van der Waals surface area (Å²) >= 11 is 0. The van der Waals surface area contributed by atoms with E-state index in [1.165, 1.54) is 6.66 Å². The fourth-order valence-corrected chi connectivity index (χ4v) is 2.67. The van der Waals surface area contributed by atoms with Crippen molar-refractivity contribution in [1.82, 2.24) is 0 Å². The Kier molecular flexibility index (Phi) is 27.8. The molecule has 23 heavy (non-hydrogen) atoms. The molecule has 148 valence electrons. The van der Waals surface area contributed by atoms with E-state index in [4.69, 9.17) is 28.3 Å². The molecule has 0 aliphatic carbocycles. The van der Waals surface area contributed by atoms with Gasteiger partial charge in [0.2, 0.25) is 0 Å². The third-order valence-corrected chi connectivity index (χ3v) is 4.39. The molecule has 0 aromatic rings. The molecule has 0 aliphatic rings. The molecule has 2 N–H and O–H groups in total. The van der Waals surface area contributed by atoms with Gasteiger partial charge in [-0.15, -0.1) is 0 Å². The lowest BCUT2D eigenvalue weighted by Gasteiger charge is -2.17. The van der Waals surface area contributed by atoms with Gasteiger partial charge in [0, 0.05) is 13.8 Å². The normalized spacial score (nSPS) is 14.8. The molecule has 0 fully saturated rings. The maximum Gasteiger partial charge on any atom is 0.474 e. The van der Waals surface area contributed by atoms with E-state index in [2.05, 4.69) is 4.52 Å². The third-order valence-electron chi connectivity index (χ3n) is 1.64. The Morgan fingerprint density at radius 3 is 1.52 bits per heavy atom. The second kappa shape index (κ2) is 18.5. The summed E-state index contributed by atoms with van der Waals surface area (Å²) in [5, 5.41) is 17.0. The Morgan fingerprint density at radius 1 is 0.739 bits per heavy atom. The molecular formula is C12H36O9P2. The molecule has 0 bridgehead atoms. The molecule has 0 aromatic heterocycles. The highest BCUT2D eigenvalue weighted by Gasteiger charge is 2.25. The molecule has 0 rings (SSSR count). The molecule has 0 radical (unpaired) electrons. The van der Waals surface area contributed by atoms with E-state index < -0.39 is 15.4 Å². The Balaban J connectivity index is -0.000000270. The van der Waals surface area contributed by atoms with Gasteiger partial charge in [-0.1, -0.05) is 29.7 Å². The molecule has 9 nitrogen and oxygen atoms in total. The number of phosphoric ester groups is 1. The van der Waals surface area contributed by atoms with Gasteiger partial charge in [0.15, 0.2) is 0 Å². The summed E-state index contributed by atoms with van der Waals surface area (Å²) in [6.45, 7) is -0.0205. The van der Waals surface area contributed by atoms with Gasteiger partial charge in [-0.05, 0) is 0 Å². The minimum absolute atomic E-state index is 0. The first-order valence-corrected chi connectivity index (χ1v) is 8.87.